The summed E-state index contributed by atoms with van der Waals surface area (Å²) in [4.78, 5) is 26.2. The van der Waals surface area contributed by atoms with Gasteiger partial charge in [0.05, 0.1) is 18.1 Å². The number of morpholine rings is 1. The summed E-state index contributed by atoms with van der Waals surface area (Å²) in [5, 5.41) is 11.7. The molecule has 1 aromatic carbocycles. The number of anilines is 3. The van der Waals surface area contributed by atoms with E-state index in [2.05, 4.69) is 27.0 Å². The highest BCUT2D eigenvalue weighted by atomic mass is 16.6. The number of aromatic nitrogens is 2. The van der Waals surface area contributed by atoms with Crippen molar-refractivity contribution in [3.05, 3.63) is 46.0 Å². The smallest absolute Gasteiger partial charge is 0.353 e. The average Bonchev–Trinajstić information content (AvgIpc) is 2.75. The molecule has 0 atom stereocenters. The molecule has 0 spiro atoms. The van der Waals surface area contributed by atoms with E-state index in [4.69, 9.17) is 10.5 Å². The van der Waals surface area contributed by atoms with Crippen LogP contribution >= 0.6 is 0 Å². The van der Waals surface area contributed by atoms with Gasteiger partial charge in [0.25, 0.3) is 0 Å². The Morgan fingerprint density at radius 3 is 2.34 bits per heavy atom. The third kappa shape index (κ3) is 4.38. The van der Waals surface area contributed by atoms with Crippen LogP contribution in [0.5, 0.6) is 0 Å². The molecule has 2 fully saturated rings. The van der Waals surface area contributed by atoms with E-state index in [1.165, 1.54) is 5.56 Å². The van der Waals surface area contributed by atoms with Crippen molar-refractivity contribution in [2.75, 3.05) is 68.0 Å². The summed E-state index contributed by atoms with van der Waals surface area (Å²) in [6.07, 6.45) is 0. The van der Waals surface area contributed by atoms with Crippen molar-refractivity contribution in [1.29, 1.82) is 0 Å². The van der Waals surface area contributed by atoms with Gasteiger partial charge < -0.3 is 20.3 Å². The van der Waals surface area contributed by atoms with Gasteiger partial charge in [0, 0.05) is 45.8 Å². The molecule has 0 aliphatic carbocycles. The Balaban J connectivity index is 1.52. The van der Waals surface area contributed by atoms with Gasteiger partial charge >= 0.3 is 5.69 Å². The van der Waals surface area contributed by atoms with Crippen LogP contribution in [-0.4, -0.2) is 72.3 Å². The lowest BCUT2D eigenvalue weighted by atomic mass is 10.2. The van der Waals surface area contributed by atoms with Gasteiger partial charge in [0.1, 0.15) is 0 Å². The molecule has 0 saturated carbocycles. The Hall–Kier alpha value is -2.98. The predicted molar refractivity (Wildman–Crippen MR) is 110 cm³/mol. The molecule has 0 bridgehead atoms. The number of rotatable bonds is 5. The van der Waals surface area contributed by atoms with E-state index in [9.17, 15) is 10.1 Å². The summed E-state index contributed by atoms with van der Waals surface area (Å²) in [5.41, 5.74) is 7.03. The molecule has 4 rings (SSSR count). The normalized spacial score (nSPS) is 18.1. The topological polar surface area (TPSA) is 114 Å². The number of nitro groups is 1. The Bertz CT molecular complexity index is 850. The van der Waals surface area contributed by atoms with Crippen molar-refractivity contribution < 1.29 is 9.66 Å². The number of hydrogen-bond acceptors (Lipinski definition) is 9. The molecule has 10 nitrogen and oxygen atoms in total. The van der Waals surface area contributed by atoms with Gasteiger partial charge in [-0.1, -0.05) is 30.3 Å². The first-order valence-corrected chi connectivity index (χ1v) is 9.77. The van der Waals surface area contributed by atoms with Gasteiger partial charge in [-0.25, -0.2) is 0 Å². The second kappa shape index (κ2) is 8.58. The van der Waals surface area contributed by atoms with Crippen LogP contribution in [0.25, 0.3) is 0 Å². The zero-order chi connectivity index (χ0) is 20.2. The molecule has 2 aliphatic heterocycles. The van der Waals surface area contributed by atoms with Crippen molar-refractivity contribution in [3.8, 4) is 0 Å². The maximum atomic E-state index is 11.7. The number of benzene rings is 1. The van der Waals surface area contributed by atoms with Crippen molar-refractivity contribution in [2.45, 2.75) is 6.54 Å². The van der Waals surface area contributed by atoms with Crippen LogP contribution in [0.3, 0.4) is 0 Å². The largest absolute Gasteiger partial charge is 0.378 e. The summed E-state index contributed by atoms with van der Waals surface area (Å²) < 4.78 is 5.37. The van der Waals surface area contributed by atoms with Gasteiger partial charge in [0.15, 0.2) is 0 Å². The van der Waals surface area contributed by atoms with Crippen molar-refractivity contribution in [1.82, 2.24) is 14.9 Å². The van der Waals surface area contributed by atoms with Gasteiger partial charge in [-0.15, -0.1) is 0 Å². The third-order valence-corrected chi connectivity index (χ3v) is 5.28. The minimum atomic E-state index is -0.482. The van der Waals surface area contributed by atoms with E-state index >= 15 is 0 Å². The lowest BCUT2D eigenvalue weighted by molar-refractivity contribution is -0.383. The van der Waals surface area contributed by atoms with E-state index in [-0.39, 0.29) is 11.5 Å². The Morgan fingerprint density at radius 1 is 1.00 bits per heavy atom. The van der Waals surface area contributed by atoms with E-state index in [1.54, 1.807) is 0 Å². The zero-order valence-corrected chi connectivity index (χ0v) is 16.2. The highest BCUT2D eigenvalue weighted by Crippen LogP contribution is 2.33. The molecule has 0 radical (unpaired) electrons. The molecule has 2 aliphatic rings. The van der Waals surface area contributed by atoms with Crippen molar-refractivity contribution in [3.63, 3.8) is 0 Å². The summed E-state index contributed by atoms with van der Waals surface area (Å²) in [6.45, 7) is 6.18. The fraction of sp³-hybridized carbons (Fsp3) is 0.474. The highest BCUT2D eigenvalue weighted by Gasteiger charge is 2.31. The number of piperazine rings is 1. The van der Waals surface area contributed by atoms with Crippen molar-refractivity contribution >= 4 is 23.3 Å². The monoisotopic (exact) mass is 399 g/mol. The predicted octanol–water partition coefficient (Wildman–Crippen LogP) is 1.13. The van der Waals surface area contributed by atoms with Crippen LogP contribution < -0.4 is 15.5 Å². The first kappa shape index (κ1) is 19.3. The van der Waals surface area contributed by atoms with Crippen LogP contribution in [0.1, 0.15) is 5.56 Å². The summed E-state index contributed by atoms with van der Waals surface area (Å²) in [5.74, 6) is 0.648. The van der Waals surface area contributed by atoms with E-state index in [0.717, 1.165) is 19.6 Å². The Kier molecular flexibility index (Phi) is 5.72. The maximum Gasteiger partial charge on any atom is 0.353 e. The fourth-order valence-electron chi connectivity index (χ4n) is 3.71. The SMILES string of the molecule is Nc1nc(N2CCOCC2)nc(N2CCN(Cc3ccccc3)CC2)c1[N+](=O)[O-]. The summed E-state index contributed by atoms with van der Waals surface area (Å²) in [6, 6.07) is 10.3. The van der Waals surface area contributed by atoms with Gasteiger partial charge in [-0.3, -0.25) is 15.0 Å². The standard InChI is InChI=1S/C19H25N7O3/c20-17-16(26(27)28)18(22-19(21-17)25-10-12-29-13-11-25)24-8-6-23(7-9-24)14-15-4-2-1-3-5-15/h1-5H,6-14H2,(H2,20,21,22). The van der Waals surface area contributed by atoms with Gasteiger partial charge in [-0.2, -0.15) is 9.97 Å². The number of nitrogens with two attached hydrogens (primary N) is 1. The molecule has 2 N–H and O–H groups in total. The van der Waals surface area contributed by atoms with Crippen LogP contribution in [0.15, 0.2) is 30.3 Å². The second-order valence-electron chi connectivity index (χ2n) is 7.19. The summed E-state index contributed by atoms with van der Waals surface area (Å²) >= 11 is 0. The molecular formula is C19H25N7O3. The highest BCUT2D eigenvalue weighted by molar-refractivity contribution is 5.71. The van der Waals surface area contributed by atoms with Crippen LogP contribution in [0, 0.1) is 10.1 Å². The molecule has 3 heterocycles. The molecule has 10 heteroatoms. The van der Waals surface area contributed by atoms with E-state index < -0.39 is 4.92 Å². The minimum Gasteiger partial charge on any atom is -0.378 e. The van der Waals surface area contributed by atoms with Crippen LogP contribution in [0.4, 0.5) is 23.3 Å². The fourth-order valence-corrected chi connectivity index (χ4v) is 3.71. The molecule has 1 aromatic heterocycles. The zero-order valence-electron chi connectivity index (χ0n) is 16.2. The summed E-state index contributed by atoms with van der Waals surface area (Å²) in [7, 11) is 0. The van der Waals surface area contributed by atoms with Gasteiger partial charge in [0.2, 0.25) is 17.6 Å². The lowest BCUT2D eigenvalue weighted by Gasteiger charge is -2.35. The van der Waals surface area contributed by atoms with Gasteiger partial charge in [-0.05, 0) is 5.56 Å². The minimum absolute atomic E-state index is 0.0896. The van der Waals surface area contributed by atoms with E-state index in [1.807, 2.05) is 28.0 Å². The van der Waals surface area contributed by atoms with Crippen LogP contribution in [-0.2, 0) is 11.3 Å². The average molecular weight is 399 g/mol. The quantitative estimate of drug-likeness (QED) is 0.583. The van der Waals surface area contributed by atoms with E-state index in [0.29, 0.717) is 51.2 Å². The maximum absolute atomic E-state index is 11.7. The third-order valence-electron chi connectivity index (χ3n) is 5.28. The lowest BCUT2D eigenvalue weighted by Crippen LogP contribution is -2.46. The molecule has 0 amide bonds. The number of hydrogen-bond donors (Lipinski definition) is 1. The molecule has 0 unspecified atom stereocenters. The number of nitrogens with zero attached hydrogens (tertiary/aromatic N) is 6. The molecular weight excluding hydrogens is 374 g/mol. The number of nitrogen functional groups attached to an aromatic ring is 1. The molecule has 2 aromatic rings. The molecule has 2 saturated heterocycles. The number of ether oxygens (including phenoxy) is 1. The molecule has 154 valence electrons. The van der Waals surface area contributed by atoms with Crippen LogP contribution in [0.2, 0.25) is 0 Å². The van der Waals surface area contributed by atoms with Crippen molar-refractivity contribution in [2.24, 2.45) is 0 Å². The first-order chi connectivity index (χ1) is 14.1. The molecule has 29 heavy (non-hydrogen) atoms. The Morgan fingerprint density at radius 2 is 1.69 bits per heavy atom. The Labute approximate surface area is 169 Å². The first-order valence-electron chi connectivity index (χ1n) is 9.77. The second-order valence-corrected chi connectivity index (χ2v) is 7.19.